The molecule has 0 amide bonds. The molecule has 1 aromatic carbocycles. The third-order valence-corrected chi connectivity index (χ3v) is 4.19. The molecule has 2 heteroatoms. The lowest BCUT2D eigenvalue weighted by Crippen LogP contribution is -2.05. The van der Waals surface area contributed by atoms with Gasteiger partial charge >= 0.3 is 0 Å². The number of hydrogen-bond donors (Lipinski definition) is 1. The van der Waals surface area contributed by atoms with Gasteiger partial charge in [-0.05, 0) is 56.9 Å². The van der Waals surface area contributed by atoms with Crippen LogP contribution in [0.25, 0.3) is 0 Å². The van der Waals surface area contributed by atoms with E-state index in [1.165, 1.54) is 33.8 Å². The molecule has 2 nitrogen and oxygen atoms in total. The number of rotatable bonds is 5. The van der Waals surface area contributed by atoms with Crippen molar-refractivity contribution in [3.63, 3.8) is 0 Å². The Bertz CT molecular complexity index is 594. The topological polar surface area (TPSA) is 17.0 Å². The molecule has 0 saturated carbocycles. The lowest BCUT2D eigenvalue weighted by Gasteiger charge is -2.14. The Labute approximate surface area is 122 Å². The zero-order valence-electron chi connectivity index (χ0n) is 13.4. The molecule has 0 radical (unpaired) electrons. The van der Waals surface area contributed by atoms with E-state index in [2.05, 4.69) is 68.8 Å². The highest BCUT2D eigenvalue weighted by atomic mass is 15.0. The van der Waals surface area contributed by atoms with Gasteiger partial charge in [-0.25, -0.2) is 0 Å². The van der Waals surface area contributed by atoms with E-state index in [9.17, 15) is 0 Å². The molecular weight excluding hydrogens is 244 g/mol. The van der Waals surface area contributed by atoms with Crippen molar-refractivity contribution in [3.05, 3.63) is 52.3 Å². The fourth-order valence-electron chi connectivity index (χ4n) is 3.00. The van der Waals surface area contributed by atoms with Crippen LogP contribution in [0.5, 0.6) is 0 Å². The predicted octanol–water partition coefficient (Wildman–Crippen LogP) is 4.61. The quantitative estimate of drug-likeness (QED) is 0.839. The minimum Gasteiger partial charge on any atom is -0.380 e. The van der Waals surface area contributed by atoms with Gasteiger partial charge in [0.1, 0.15) is 0 Å². The Hall–Kier alpha value is -1.70. The summed E-state index contributed by atoms with van der Waals surface area (Å²) in [6, 6.07) is 8.83. The molecule has 20 heavy (non-hydrogen) atoms. The lowest BCUT2D eigenvalue weighted by molar-refractivity contribution is 0.715. The zero-order chi connectivity index (χ0) is 14.7. The summed E-state index contributed by atoms with van der Waals surface area (Å²) >= 11 is 0. The van der Waals surface area contributed by atoms with Crippen molar-refractivity contribution in [3.8, 4) is 0 Å². The van der Waals surface area contributed by atoms with Crippen molar-refractivity contribution >= 4 is 5.69 Å². The lowest BCUT2D eigenvalue weighted by atomic mass is 10.1. The predicted molar refractivity (Wildman–Crippen MR) is 87.5 cm³/mol. The van der Waals surface area contributed by atoms with E-state index in [4.69, 9.17) is 0 Å². The number of nitrogens with one attached hydrogen (secondary N) is 1. The van der Waals surface area contributed by atoms with Crippen LogP contribution in [0.4, 0.5) is 5.69 Å². The first kappa shape index (κ1) is 14.7. The summed E-state index contributed by atoms with van der Waals surface area (Å²) in [5.74, 6) is 0. The summed E-state index contributed by atoms with van der Waals surface area (Å²) in [6.07, 6.45) is 1.07. The molecule has 0 aliphatic carbocycles. The second kappa shape index (κ2) is 6.17. The van der Waals surface area contributed by atoms with E-state index in [-0.39, 0.29) is 0 Å². The van der Waals surface area contributed by atoms with Gasteiger partial charge in [0.15, 0.2) is 0 Å². The molecule has 0 atom stereocenters. The van der Waals surface area contributed by atoms with E-state index in [0.717, 1.165) is 19.5 Å². The molecule has 0 aliphatic heterocycles. The third-order valence-electron chi connectivity index (χ3n) is 4.19. The van der Waals surface area contributed by atoms with Crippen LogP contribution in [0.3, 0.4) is 0 Å². The molecule has 0 fully saturated rings. The Kier molecular flexibility index (Phi) is 4.53. The Morgan fingerprint density at radius 3 is 2.40 bits per heavy atom. The first-order valence-corrected chi connectivity index (χ1v) is 7.56. The molecule has 0 unspecified atom stereocenters. The number of benzene rings is 1. The van der Waals surface area contributed by atoms with Crippen LogP contribution in [-0.2, 0) is 19.5 Å². The van der Waals surface area contributed by atoms with E-state index >= 15 is 0 Å². The highest BCUT2D eigenvalue weighted by Crippen LogP contribution is 2.23. The molecule has 2 rings (SSSR count). The Morgan fingerprint density at radius 2 is 1.80 bits per heavy atom. The van der Waals surface area contributed by atoms with Gasteiger partial charge in [0.05, 0.1) is 0 Å². The number of aromatic nitrogens is 1. The van der Waals surface area contributed by atoms with Gasteiger partial charge in [0.2, 0.25) is 0 Å². The zero-order valence-corrected chi connectivity index (χ0v) is 13.4. The van der Waals surface area contributed by atoms with Crippen LogP contribution in [0.1, 0.15) is 41.9 Å². The standard InChI is InChI=1S/C18H26N2/c1-6-16-10-8-9-13(3)18(16)19-12-17-11-14(4)20(7-2)15(17)5/h8-11,19H,6-7,12H2,1-5H3. The maximum Gasteiger partial charge on any atom is 0.0418 e. The van der Waals surface area contributed by atoms with Gasteiger partial charge in [-0.15, -0.1) is 0 Å². The second-order valence-electron chi connectivity index (χ2n) is 5.46. The highest BCUT2D eigenvalue weighted by molar-refractivity contribution is 5.57. The van der Waals surface area contributed by atoms with Gasteiger partial charge in [0.25, 0.3) is 0 Å². The van der Waals surface area contributed by atoms with Crippen LogP contribution in [0, 0.1) is 20.8 Å². The van der Waals surface area contributed by atoms with Crippen LogP contribution in [0.15, 0.2) is 24.3 Å². The van der Waals surface area contributed by atoms with E-state index in [0.29, 0.717) is 0 Å². The first-order chi connectivity index (χ1) is 9.58. The molecule has 2 aromatic rings. The monoisotopic (exact) mass is 270 g/mol. The van der Waals surface area contributed by atoms with E-state index < -0.39 is 0 Å². The smallest absolute Gasteiger partial charge is 0.0418 e. The Balaban J connectivity index is 2.21. The minimum absolute atomic E-state index is 0.900. The average Bonchev–Trinajstić information content (AvgIpc) is 2.71. The summed E-state index contributed by atoms with van der Waals surface area (Å²) in [4.78, 5) is 0. The van der Waals surface area contributed by atoms with Gasteiger partial charge < -0.3 is 9.88 Å². The van der Waals surface area contributed by atoms with Gasteiger partial charge in [-0.3, -0.25) is 0 Å². The second-order valence-corrected chi connectivity index (χ2v) is 5.46. The summed E-state index contributed by atoms with van der Waals surface area (Å²) in [5, 5.41) is 3.64. The first-order valence-electron chi connectivity index (χ1n) is 7.56. The number of nitrogens with zero attached hydrogens (tertiary/aromatic N) is 1. The van der Waals surface area contributed by atoms with Crippen molar-refractivity contribution < 1.29 is 0 Å². The van der Waals surface area contributed by atoms with E-state index in [1.54, 1.807) is 0 Å². The van der Waals surface area contributed by atoms with Gasteiger partial charge in [-0.2, -0.15) is 0 Å². The summed E-state index contributed by atoms with van der Waals surface area (Å²) < 4.78 is 2.37. The maximum absolute atomic E-state index is 3.64. The van der Waals surface area contributed by atoms with Crippen LogP contribution >= 0.6 is 0 Å². The molecular formula is C18H26N2. The molecule has 0 spiro atoms. The molecule has 1 heterocycles. The molecule has 0 saturated heterocycles. The molecule has 1 aromatic heterocycles. The molecule has 1 N–H and O–H groups in total. The van der Waals surface area contributed by atoms with E-state index in [1.807, 2.05) is 0 Å². The molecule has 0 aliphatic rings. The van der Waals surface area contributed by atoms with Crippen molar-refractivity contribution in [1.82, 2.24) is 4.57 Å². The largest absolute Gasteiger partial charge is 0.380 e. The number of hydrogen-bond acceptors (Lipinski definition) is 1. The van der Waals surface area contributed by atoms with Crippen molar-refractivity contribution in [2.75, 3.05) is 5.32 Å². The fourth-order valence-corrected chi connectivity index (χ4v) is 3.00. The van der Waals surface area contributed by atoms with Crippen LogP contribution < -0.4 is 5.32 Å². The SMILES string of the molecule is CCc1cccc(C)c1NCc1cc(C)n(CC)c1C. The van der Waals surface area contributed by atoms with Gasteiger partial charge in [0, 0.05) is 30.2 Å². The number of anilines is 1. The maximum atomic E-state index is 3.64. The van der Waals surface area contributed by atoms with Crippen LogP contribution in [0.2, 0.25) is 0 Å². The van der Waals surface area contributed by atoms with Crippen molar-refractivity contribution in [1.29, 1.82) is 0 Å². The molecule has 0 bridgehead atoms. The number of para-hydroxylation sites is 1. The summed E-state index contributed by atoms with van der Waals surface area (Å²) in [7, 11) is 0. The molecule has 108 valence electrons. The minimum atomic E-state index is 0.900. The van der Waals surface area contributed by atoms with Gasteiger partial charge in [-0.1, -0.05) is 25.1 Å². The average molecular weight is 270 g/mol. The highest BCUT2D eigenvalue weighted by Gasteiger charge is 2.09. The summed E-state index contributed by atoms with van der Waals surface area (Å²) in [6.45, 7) is 12.9. The fraction of sp³-hybridized carbons (Fsp3) is 0.444. The summed E-state index contributed by atoms with van der Waals surface area (Å²) in [5.41, 5.74) is 8.15. The number of aryl methyl sites for hydroxylation is 3. The third kappa shape index (κ3) is 2.74. The normalized spacial score (nSPS) is 10.8. The Morgan fingerprint density at radius 1 is 1.05 bits per heavy atom. The van der Waals surface area contributed by atoms with Crippen LogP contribution in [-0.4, -0.2) is 4.57 Å². The van der Waals surface area contributed by atoms with Crippen molar-refractivity contribution in [2.45, 2.75) is 54.1 Å². The van der Waals surface area contributed by atoms with Crippen molar-refractivity contribution in [2.24, 2.45) is 0 Å².